The molecule has 1 aromatic carbocycles. The maximum Gasteiger partial charge on any atom is 0.213 e. The number of ether oxygens (including phenoxy) is 1. The number of nitrogens with one attached hydrogen (secondary N) is 1. The molecule has 1 N–H and O–H groups in total. The van der Waals surface area contributed by atoms with Crippen LogP contribution in [0, 0.1) is 20.8 Å². The van der Waals surface area contributed by atoms with Crippen LogP contribution in [0.15, 0.2) is 30.3 Å². The molecule has 0 spiro atoms. The van der Waals surface area contributed by atoms with Gasteiger partial charge in [0.2, 0.25) is 5.88 Å². The van der Waals surface area contributed by atoms with Crippen LogP contribution in [0.1, 0.15) is 29.3 Å². The molecule has 128 valence electrons. The van der Waals surface area contributed by atoms with Crippen LogP contribution < -0.4 is 10.1 Å². The molecule has 0 atom stereocenters. The number of rotatable bonds is 5. The third-order valence-corrected chi connectivity index (χ3v) is 4.20. The summed E-state index contributed by atoms with van der Waals surface area (Å²) in [5, 5.41) is 3.90. The summed E-state index contributed by atoms with van der Waals surface area (Å²) in [5.41, 5.74) is 5.40. The van der Waals surface area contributed by atoms with Gasteiger partial charge in [-0.1, -0.05) is 29.3 Å². The molecule has 0 saturated heterocycles. The molecule has 0 bridgehead atoms. The quantitative estimate of drug-likeness (QED) is 0.822. The van der Waals surface area contributed by atoms with E-state index < -0.39 is 0 Å². The lowest BCUT2D eigenvalue weighted by Crippen LogP contribution is -2.31. The Balaban J connectivity index is 2.02. The minimum absolute atomic E-state index is 0.513. The van der Waals surface area contributed by atoms with E-state index in [0.29, 0.717) is 17.6 Å². The zero-order chi connectivity index (χ0) is 17.7. The van der Waals surface area contributed by atoms with Gasteiger partial charge in [-0.25, -0.2) is 4.98 Å². The third-order valence-electron chi connectivity index (χ3n) is 3.79. The summed E-state index contributed by atoms with van der Waals surface area (Å²) < 4.78 is 5.83. The first kappa shape index (κ1) is 18.2. The van der Waals surface area contributed by atoms with E-state index in [1.54, 1.807) is 0 Å². The van der Waals surface area contributed by atoms with Gasteiger partial charge in [0.1, 0.15) is 6.61 Å². The zero-order valence-corrected chi connectivity index (χ0v) is 15.8. The average Bonchev–Trinajstić information content (AvgIpc) is 2.53. The van der Waals surface area contributed by atoms with Crippen LogP contribution in [0.4, 0.5) is 5.69 Å². The van der Waals surface area contributed by atoms with E-state index >= 15 is 0 Å². The van der Waals surface area contributed by atoms with Crippen molar-refractivity contribution in [3.8, 4) is 5.88 Å². The molecule has 24 heavy (non-hydrogen) atoms. The third kappa shape index (κ3) is 4.93. The van der Waals surface area contributed by atoms with Crippen molar-refractivity contribution in [1.82, 2.24) is 9.88 Å². The fourth-order valence-electron chi connectivity index (χ4n) is 2.41. The molecule has 0 aliphatic rings. The van der Waals surface area contributed by atoms with Gasteiger partial charge in [-0.3, -0.25) is 0 Å². The minimum Gasteiger partial charge on any atom is -0.473 e. The fourth-order valence-corrected chi connectivity index (χ4v) is 2.65. The highest BCUT2D eigenvalue weighted by molar-refractivity contribution is 7.80. The molecular weight excluding hydrogens is 318 g/mol. The number of hydrogen-bond donors (Lipinski definition) is 1. The molecule has 0 aliphatic heterocycles. The Morgan fingerprint density at radius 3 is 2.42 bits per heavy atom. The van der Waals surface area contributed by atoms with Crippen molar-refractivity contribution in [3.05, 3.63) is 52.7 Å². The van der Waals surface area contributed by atoms with Crippen LogP contribution in [0.2, 0.25) is 0 Å². The summed E-state index contributed by atoms with van der Waals surface area (Å²) in [4.78, 5) is 6.48. The Morgan fingerprint density at radius 1 is 1.17 bits per heavy atom. The van der Waals surface area contributed by atoms with Crippen LogP contribution in [0.3, 0.4) is 0 Å². The predicted molar refractivity (Wildman–Crippen MR) is 104 cm³/mol. The standard InChI is InChI=1S/C19H25N3OS/c1-6-22(5)19(24)21-17-7-8-18(20-15(17)4)23-12-16-10-13(2)9-14(3)11-16/h7-11H,6,12H2,1-5H3,(H,21,24). The number of pyridine rings is 1. The molecule has 0 aliphatic carbocycles. The molecule has 5 heteroatoms. The van der Waals surface area contributed by atoms with Crippen molar-refractivity contribution >= 4 is 23.0 Å². The highest BCUT2D eigenvalue weighted by Crippen LogP contribution is 2.19. The van der Waals surface area contributed by atoms with E-state index in [1.807, 2.05) is 31.0 Å². The fraction of sp³-hybridized carbons (Fsp3) is 0.368. The second kappa shape index (κ2) is 8.11. The lowest BCUT2D eigenvalue weighted by molar-refractivity contribution is 0.293. The lowest BCUT2D eigenvalue weighted by atomic mass is 10.1. The molecular formula is C19H25N3OS. The Labute approximate surface area is 149 Å². The predicted octanol–water partition coefficient (Wildman–Crippen LogP) is 4.23. The highest BCUT2D eigenvalue weighted by Gasteiger charge is 2.07. The number of thiocarbonyl (C=S) groups is 1. The van der Waals surface area contributed by atoms with Gasteiger partial charge < -0.3 is 15.0 Å². The van der Waals surface area contributed by atoms with Crippen LogP contribution in [-0.4, -0.2) is 28.6 Å². The monoisotopic (exact) mass is 343 g/mol. The first-order valence-electron chi connectivity index (χ1n) is 8.08. The van der Waals surface area contributed by atoms with E-state index in [-0.39, 0.29) is 0 Å². The van der Waals surface area contributed by atoms with Gasteiger partial charge in [-0.15, -0.1) is 0 Å². The van der Waals surface area contributed by atoms with Crippen molar-refractivity contribution in [1.29, 1.82) is 0 Å². The molecule has 0 unspecified atom stereocenters. The van der Waals surface area contributed by atoms with E-state index in [1.165, 1.54) is 11.1 Å². The number of anilines is 1. The molecule has 2 aromatic rings. The molecule has 0 amide bonds. The molecule has 0 radical (unpaired) electrons. The van der Waals surface area contributed by atoms with Crippen molar-refractivity contribution in [2.45, 2.75) is 34.3 Å². The summed E-state index contributed by atoms with van der Waals surface area (Å²) in [7, 11) is 1.96. The van der Waals surface area contributed by atoms with E-state index in [2.05, 4.69) is 49.3 Å². The number of hydrogen-bond acceptors (Lipinski definition) is 3. The Kier molecular flexibility index (Phi) is 6.15. The van der Waals surface area contributed by atoms with Crippen molar-refractivity contribution < 1.29 is 4.74 Å². The minimum atomic E-state index is 0.513. The van der Waals surface area contributed by atoms with Gasteiger partial charge in [0.15, 0.2) is 5.11 Å². The van der Waals surface area contributed by atoms with Gasteiger partial charge in [0, 0.05) is 19.7 Å². The summed E-state index contributed by atoms with van der Waals surface area (Å²) in [6.45, 7) is 9.56. The van der Waals surface area contributed by atoms with Crippen LogP contribution in [-0.2, 0) is 6.61 Å². The number of benzene rings is 1. The lowest BCUT2D eigenvalue weighted by Gasteiger charge is -2.19. The molecule has 2 rings (SSSR count). The van der Waals surface area contributed by atoms with Crippen molar-refractivity contribution in [2.24, 2.45) is 0 Å². The molecule has 0 saturated carbocycles. The van der Waals surface area contributed by atoms with Gasteiger partial charge in [-0.05, 0) is 51.5 Å². The van der Waals surface area contributed by atoms with Crippen molar-refractivity contribution in [2.75, 3.05) is 18.9 Å². The molecule has 4 nitrogen and oxygen atoms in total. The first-order chi connectivity index (χ1) is 11.4. The largest absolute Gasteiger partial charge is 0.473 e. The Bertz CT molecular complexity index is 710. The maximum atomic E-state index is 5.83. The summed E-state index contributed by atoms with van der Waals surface area (Å²) in [6, 6.07) is 10.2. The van der Waals surface area contributed by atoms with Gasteiger partial charge in [0.25, 0.3) is 0 Å². The van der Waals surface area contributed by atoms with E-state index in [9.17, 15) is 0 Å². The average molecular weight is 343 g/mol. The Morgan fingerprint density at radius 2 is 1.83 bits per heavy atom. The Hall–Kier alpha value is -2.14. The zero-order valence-electron chi connectivity index (χ0n) is 15.0. The SMILES string of the molecule is CCN(C)C(=S)Nc1ccc(OCc2cc(C)cc(C)c2)nc1C. The van der Waals surface area contributed by atoms with Crippen LogP contribution >= 0.6 is 12.2 Å². The van der Waals surface area contributed by atoms with Crippen molar-refractivity contribution in [3.63, 3.8) is 0 Å². The van der Waals surface area contributed by atoms with Gasteiger partial charge >= 0.3 is 0 Å². The maximum absolute atomic E-state index is 5.83. The number of nitrogens with zero attached hydrogens (tertiary/aromatic N) is 2. The smallest absolute Gasteiger partial charge is 0.213 e. The first-order valence-corrected chi connectivity index (χ1v) is 8.49. The van der Waals surface area contributed by atoms with Gasteiger partial charge in [0.05, 0.1) is 11.4 Å². The number of aryl methyl sites for hydroxylation is 3. The van der Waals surface area contributed by atoms with E-state index in [0.717, 1.165) is 23.5 Å². The molecule has 0 fully saturated rings. The molecule has 1 heterocycles. The summed E-state index contributed by atoms with van der Waals surface area (Å²) in [6.07, 6.45) is 0. The second-order valence-corrected chi connectivity index (χ2v) is 6.40. The van der Waals surface area contributed by atoms with E-state index in [4.69, 9.17) is 17.0 Å². The van der Waals surface area contributed by atoms with Gasteiger partial charge in [-0.2, -0.15) is 0 Å². The summed E-state index contributed by atoms with van der Waals surface area (Å²) >= 11 is 5.35. The topological polar surface area (TPSA) is 37.4 Å². The normalized spacial score (nSPS) is 10.4. The van der Waals surface area contributed by atoms with Crippen LogP contribution in [0.25, 0.3) is 0 Å². The van der Waals surface area contributed by atoms with Crippen LogP contribution in [0.5, 0.6) is 5.88 Å². The highest BCUT2D eigenvalue weighted by atomic mass is 32.1. The number of aromatic nitrogens is 1. The summed E-state index contributed by atoms with van der Waals surface area (Å²) in [5.74, 6) is 0.618. The second-order valence-electron chi connectivity index (χ2n) is 6.01. The molecule has 1 aromatic heterocycles.